The second-order valence-electron chi connectivity index (χ2n) is 5.59. The molecule has 5 nitrogen and oxygen atoms in total. The quantitative estimate of drug-likeness (QED) is 0.739. The van der Waals surface area contributed by atoms with E-state index >= 15 is 0 Å². The lowest BCUT2D eigenvalue weighted by Crippen LogP contribution is -2.43. The van der Waals surface area contributed by atoms with E-state index in [0.29, 0.717) is 13.1 Å². The summed E-state index contributed by atoms with van der Waals surface area (Å²) in [6, 6.07) is 0.160. The summed E-state index contributed by atoms with van der Waals surface area (Å²) in [5.41, 5.74) is 0.550. The topological polar surface area (TPSA) is 47.4 Å². The van der Waals surface area contributed by atoms with Crippen LogP contribution in [0.3, 0.4) is 0 Å². The third-order valence-corrected chi connectivity index (χ3v) is 3.40. The minimum Gasteiger partial charge on any atom is -0.444 e. The van der Waals surface area contributed by atoms with E-state index in [2.05, 4.69) is 21.0 Å². The van der Waals surface area contributed by atoms with E-state index in [9.17, 15) is 4.79 Å². The van der Waals surface area contributed by atoms with E-state index < -0.39 is 5.60 Å². The molecule has 0 aliphatic carbocycles. The van der Waals surface area contributed by atoms with Crippen molar-refractivity contribution < 1.29 is 9.53 Å². The summed E-state index contributed by atoms with van der Waals surface area (Å²) >= 11 is 3.46. The summed E-state index contributed by atoms with van der Waals surface area (Å²) < 4.78 is 8.28. The number of hydrogen-bond acceptors (Lipinski definition) is 3. The maximum absolute atomic E-state index is 12.1. The highest BCUT2D eigenvalue weighted by atomic mass is 79.9. The SMILES string of the molecule is C[C@H]1CN(C(=O)OC(C)(C)C)Cc2c(Br)cnn21. The van der Waals surface area contributed by atoms with Crippen molar-refractivity contribution in [1.82, 2.24) is 14.7 Å². The number of carbonyl (C=O) groups excluding carboxylic acids is 1. The van der Waals surface area contributed by atoms with Crippen molar-refractivity contribution in [2.45, 2.75) is 45.9 Å². The average Bonchev–Trinajstić information content (AvgIpc) is 2.58. The van der Waals surface area contributed by atoms with Gasteiger partial charge in [0.05, 0.1) is 29.0 Å². The molecule has 0 aromatic carbocycles. The van der Waals surface area contributed by atoms with Crippen molar-refractivity contribution in [3.05, 3.63) is 16.4 Å². The molecule has 0 bridgehead atoms. The van der Waals surface area contributed by atoms with Crippen molar-refractivity contribution in [3.63, 3.8) is 0 Å². The molecule has 2 heterocycles. The van der Waals surface area contributed by atoms with E-state index in [1.54, 1.807) is 11.1 Å². The van der Waals surface area contributed by atoms with Crippen LogP contribution in [-0.4, -0.2) is 32.9 Å². The number of aromatic nitrogens is 2. The molecule has 1 amide bonds. The number of hydrogen-bond donors (Lipinski definition) is 0. The largest absolute Gasteiger partial charge is 0.444 e. The normalized spacial score (nSPS) is 19.6. The van der Waals surface area contributed by atoms with Gasteiger partial charge in [-0.05, 0) is 43.6 Å². The van der Waals surface area contributed by atoms with Crippen molar-refractivity contribution in [2.24, 2.45) is 0 Å². The predicted molar refractivity (Wildman–Crippen MR) is 71.3 cm³/mol. The van der Waals surface area contributed by atoms with Crippen molar-refractivity contribution in [3.8, 4) is 0 Å². The Morgan fingerprint density at radius 1 is 1.56 bits per heavy atom. The van der Waals surface area contributed by atoms with Crippen molar-refractivity contribution in [2.75, 3.05) is 6.54 Å². The summed E-state index contributed by atoms with van der Waals surface area (Å²) in [5, 5.41) is 4.30. The molecule has 1 aromatic heterocycles. The van der Waals surface area contributed by atoms with Gasteiger partial charge < -0.3 is 9.64 Å². The van der Waals surface area contributed by atoms with Gasteiger partial charge in [-0.25, -0.2) is 4.79 Å². The van der Waals surface area contributed by atoms with Gasteiger partial charge in [-0.2, -0.15) is 5.10 Å². The smallest absolute Gasteiger partial charge is 0.410 e. The monoisotopic (exact) mass is 315 g/mol. The Balaban J connectivity index is 2.15. The Labute approximate surface area is 115 Å². The van der Waals surface area contributed by atoms with Crippen LogP contribution in [-0.2, 0) is 11.3 Å². The van der Waals surface area contributed by atoms with Crippen LogP contribution in [0.1, 0.15) is 39.4 Å². The Kier molecular flexibility index (Phi) is 3.40. The maximum Gasteiger partial charge on any atom is 0.410 e. The van der Waals surface area contributed by atoms with Gasteiger partial charge >= 0.3 is 6.09 Å². The molecule has 1 aromatic rings. The fraction of sp³-hybridized carbons (Fsp3) is 0.667. The van der Waals surface area contributed by atoms with Gasteiger partial charge in [-0.3, -0.25) is 4.68 Å². The van der Waals surface area contributed by atoms with Crippen LogP contribution in [0.4, 0.5) is 4.79 Å². The molecule has 0 unspecified atom stereocenters. The average molecular weight is 316 g/mol. The number of nitrogens with zero attached hydrogens (tertiary/aromatic N) is 3. The minimum absolute atomic E-state index is 0.160. The molecule has 0 radical (unpaired) electrons. The van der Waals surface area contributed by atoms with Crippen molar-refractivity contribution >= 4 is 22.0 Å². The summed E-state index contributed by atoms with van der Waals surface area (Å²) in [5.74, 6) is 0. The highest BCUT2D eigenvalue weighted by molar-refractivity contribution is 9.10. The highest BCUT2D eigenvalue weighted by Crippen LogP contribution is 2.27. The summed E-state index contributed by atoms with van der Waals surface area (Å²) in [6.45, 7) is 8.81. The number of amides is 1. The molecular weight excluding hydrogens is 298 g/mol. The molecule has 6 heteroatoms. The Bertz CT molecular complexity index is 464. The number of fused-ring (bicyclic) bond motifs is 1. The fourth-order valence-corrected chi connectivity index (χ4v) is 2.40. The standard InChI is InChI=1S/C12H18BrN3O2/c1-8-6-15(11(17)18-12(2,3)4)7-10-9(13)5-14-16(8)10/h5,8H,6-7H2,1-4H3/t8-/m0/s1. The van der Waals surface area contributed by atoms with Crippen LogP contribution < -0.4 is 0 Å². The van der Waals surface area contributed by atoms with Crippen LogP contribution in [0, 0.1) is 0 Å². The number of halogens is 1. The van der Waals surface area contributed by atoms with Crippen LogP contribution in [0.5, 0.6) is 0 Å². The molecule has 0 saturated carbocycles. The lowest BCUT2D eigenvalue weighted by molar-refractivity contribution is 0.0166. The Morgan fingerprint density at radius 2 is 2.22 bits per heavy atom. The number of ether oxygens (including phenoxy) is 1. The molecular formula is C12H18BrN3O2. The van der Waals surface area contributed by atoms with Gasteiger partial charge in [0.2, 0.25) is 0 Å². The van der Waals surface area contributed by atoms with E-state index in [0.717, 1.165) is 10.2 Å². The lowest BCUT2D eigenvalue weighted by atomic mass is 10.2. The molecule has 0 N–H and O–H groups in total. The summed E-state index contributed by atoms with van der Waals surface area (Å²) in [6.07, 6.45) is 1.50. The minimum atomic E-state index is -0.463. The molecule has 0 saturated heterocycles. The third-order valence-electron chi connectivity index (χ3n) is 2.74. The van der Waals surface area contributed by atoms with E-state index in [1.807, 2.05) is 32.4 Å². The Hall–Kier alpha value is -1.04. The first-order valence-electron chi connectivity index (χ1n) is 5.98. The first-order chi connectivity index (χ1) is 8.28. The van der Waals surface area contributed by atoms with E-state index in [4.69, 9.17) is 4.74 Å². The summed E-state index contributed by atoms with van der Waals surface area (Å²) in [4.78, 5) is 13.8. The Morgan fingerprint density at radius 3 is 2.83 bits per heavy atom. The van der Waals surface area contributed by atoms with Gasteiger partial charge in [-0.1, -0.05) is 0 Å². The second-order valence-corrected chi connectivity index (χ2v) is 6.45. The van der Waals surface area contributed by atoms with E-state index in [-0.39, 0.29) is 12.1 Å². The zero-order valence-corrected chi connectivity index (χ0v) is 12.7. The number of rotatable bonds is 0. The molecule has 1 aliphatic rings. The maximum atomic E-state index is 12.1. The number of carbonyl (C=O) groups is 1. The summed E-state index contributed by atoms with van der Waals surface area (Å²) in [7, 11) is 0. The lowest BCUT2D eigenvalue weighted by Gasteiger charge is -2.33. The van der Waals surface area contributed by atoms with Gasteiger partial charge in [0, 0.05) is 6.54 Å². The molecule has 2 rings (SSSR count). The van der Waals surface area contributed by atoms with Gasteiger partial charge in [0.1, 0.15) is 5.60 Å². The van der Waals surface area contributed by atoms with Crippen LogP contribution in [0.25, 0.3) is 0 Å². The fourth-order valence-electron chi connectivity index (χ4n) is 2.00. The molecule has 100 valence electrons. The van der Waals surface area contributed by atoms with Crippen LogP contribution in [0.15, 0.2) is 10.7 Å². The molecule has 0 spiro atoms. The zero-order valence-electron chi connectivity index (χ0n) is 11.1. The third kappa shape index (κ3) is 2.68. The molecule has 1 aliphatic heterocycles. The van der Waals surface area contributed by atoms with Gasteiger partial charge in [0.15, 0.2) is 0 Å². The molecule has 18 heavy (non-hydrogen) atoms. The first-order valence-corrected chi connectivity index (χ1v) is 6.77. The van der Waals surface area contributed by atoms with Gasteiger partial charge in [0.25, 0.3) is 0 Å². The van der Waals surface area contributed by atoms with Crippen molar-refractivity contribution in [1.29, 1.82) is 0 Å². The first kappa shape index (κ1) is 13.4. The highest BCUT2D eigenvalue weighted by Gasteiger charge is 2.30. The zero-order chi connectivity index (χ0) is 13.5. The second kappa shape index (κ2) is 4.57. The van der Waals surface area contributed by atoms with Gasteiger partial charge in [-0.15, -0.1) is 0 Å². The van der Waals surface area contributed by atoms with Crippen LogP contribution >= 0.6 is 15.9 Å². The predicted octanol–water partition coefficient (Wildman–Crippen LogP) is 2.96. The van der Waals surface area contributed by atoms with E-state index in [1.165, 1.54) is 0 Å². The van der Waals surface area contributed by atoms with Crippen LogP contribution in [0.2, 0.25) is 0 Å². The molecule has 0 fully saturated rings. The molecule has 1 atom stereocenters.